The Balaban J connectivity index is 3.11. The van der Waals surface area contributed by atoms with Crippen LogP contribution in [0.2, 0.25) is 0 Å². The molecule has 0 radical (unpaired) electrons. The van der Waals surface area contributed by atoms with Crippen molar-refractivity contribution in [2.75, 3.05) is 7.11 Å². The molecule has 4 nitrogen and oxygen atoms in total. The molecule has 13 heavy (non-hydrogen) atoms. The van der Waals surface area contributed by atoms with Gasteiger partial charge in [-0.3, -0.25) is 4.84 Å². The van der Waals surface area contributed by atoms with Gasteiger partial charge in [0.1, 0.15) is 0 Å². The van der Waals surface area contributed by atoms with Crippen LogP contribution in [0.1, 0.15) is 11.1 Å². The first-order valence-electron chi connectivity index (χ1n) is 3.87. The first kappa shape index (κ1) is 9.83. The quantitative estimate of drug-likeness (QED) is 0.689. The predicted molar refractivity (Wildman–Crippen MR) is 48.4 cm³/mol. The van der Waals surface area contributed by atoms with Crippen LogP contribution in [0.3, 0.4) is 0 Å². The number of aromatic hydroxyl groups is 1. The van der Waals surface area contributed by atoms with Gasteiger partial charge in [0.15, 0.2) is 11.5 Å². The van der Waals surface area contributed by atoms with Crippen molar-refractivity contribution in [3.63, 3.8) is 0 Å². The molecule has 1 rings (SSSR count). The molecule has 0 fully saturated rings. The molecule has 1 aromatic carbocycles. The molecule has 1 aromatic rings. The summed E-state index contributed by atoms with van der Waals surface area (Å²) in [5, 5.41) is 9.64. The molecule has 0 saturated heterocycles. The number of nitrogens with two attached hydrogens (primary N) is 1. The molecule has 72 valence electrons. The summed E-state index contributed by atoms with van der Waals surface area (Å²) >= 11 is 0. The third-order valence-corrected chi connectivity index (χ3v) is 1.85. The molecule has 0 atom stereocenters. The predicted octanol–water partition coefficient (Wildman–Crippen LogP) is 1.10. The van der Waals surface area contributed by atoms with E-state index in [1.165, 1.54) is 7.11 Å². The fourth-order valence-electron chi connectivity index (χ4n) is 1.18. The summed E-state index contributed by atoms with van der Waals surface area (Å²) in [6.07, 6.45) is 0. The van der Waals surface area contributed by atoms with E-state index in [1.54, 1.807) is 6.07 Å². The minimum Gasteiger partial charge on any atom is -0.504 e. The minimum atomic E-state index is 0.0907. The second-order valence-corrected chi connectivity index (χ2v) is 2.73. The standard InChI is InChI=1S/C9H13NO3/c1-6-3-4-7(5-13-10)8(11)9(6)12-2/h3-4,11H,5,10H2,1-2H3. The summed E-state index contributed by atoms with van der Waals surface area (Å²) in [6, 6.07) is 3.59. The van der Waals surface area contributed by atoms with Crippen LogP contribution in [0, 0.1) is 6.92 Å². The summed E-state index contributed by atoms with van der Waals surface area (Å²) in [4.78, 5) is 4.43. The van der Waals surface area contributed by atoms with E-state index in [0.717, 1.165) is 5.56 Å². The molecule has 0 aliphatic rings. The lowest BCUT2D eigenvalue weighted by Gasteiger charge is -2.10. The van der Waals surface area contributed by atoms with Crippen molar-refractivity contribution in [2.24, 2.45) is 5.90 Å². The average molecular weight is 183 g/mol. The van der Waals surface area contributed by atoms with Crippen LogP contribution in [-0.4, -0.2) is 12.2 Å². The normalized spacial score (nSPS) is 10.1. The molecular formula is C9H13NO3. The van der Waals surface area contributed by atoms with Gasteiger partial charge in [-0.2, -0.15) is 0 Å². The van der Waals surface area contributed by atoms with Gasteiger partial charge in [0.2, 0.25) is 0 Å². The summed E-state index contributed by atoms with van der Waals surface area (Å²) in [5.41, 5.74) is 1.49. The zero-order valence-corrected chi connectivity index (χ0v) is 7.70. The SMILES string of the molecule is COc1c(C)ccc(CON)c1O. The maximum atomic E-state index is 9.64. The highest BCUT2D eigenvalue weighted by atomic mass is 16.6. The average Bonchev–Trinajstić information content (AvgIpc) is 2.11. The second-order valence-electron chi connectivity index (χ2n) is 2.73. The van der Waals surface area contributed by atoms with Gasteiger partial charge in [0.05, 0.1) is 13.7 Å². The number of rotatable bonds is 3. The van der Waals surface area contributed by atoms with Gasteiger partial charge in [-0.1, -0.05) is 12.1 Å². The Bertz CT molecular complexity index is 299. The molecular weight excluding hydrogens is 170 g/mol. The summed E-state index contributed by atoms with van der Waals surface area (Å²) in [6.45, 7) is 2.02. The number of hydrogen-bond acceptors (Lipinski definition) is 4. The third kappa shape index (κ3) is 1.91. The first-order chi connectivity index (χ1) is 6.20. The molecule has 0 heterocycles. The fraction of sp³-hybridized carbons (Fsp3) is 0.333. The number of benzene rings is 1. The molecule has 0 saturated carbocycles. The summed E-state index contributed by atoms with van der Waals surface area (Å²) in [7, 11) is 1.51. The molecule has 0 aliphatic carbocycles. The number of phenols is 1. The van der Waals surface area contributed by atoms with Crippen LogP contribution in [0.25, 0.3) is 0 Å². The number of aryl methyl sites for hydroxylation is 1. The number of hydrogen-bond donors (Lipinski definition) is 2. The highest BCUT2D eigenvalue weighted by Crippen LogP contribution is 2.33. The molecule has 0 aliphatic heterocycles. The Labute approximate surface area is 76.8 Å². The maximum Gasteiger partial charge on any atom is 0.163 e. The van der Waals surface area contributed by atoms with Crippen LogP contribution in [0.4, 0.5) is 0 Å². The van der Waals surface area contributed by atoms with Crippen LogP contribution >= 0.6 is 0 Å². The van der Waals surface area contributed by atoms with E-state index in [-0.39, 0.29) is 12.4 Å². The van der Waals surface area contributed by atoms with E-state index in [2.05, 4.69) is 4.84 Å². The van der Waals surface area contributed by atoms with Gasteiger partial charge in [-0.05, 0) is 12.5 Å². The van der Waals surface area contributed by atoms with Crippen molar-refractivity contribution < 1.29 is 14.7 Å². The van der Waals surface area contributed by atoms with E-state index in [9.17, 15) is 5.11 Å². The van der Waals surface area contributed by atoms with Gasteiger partial charge in [0, 0.05) is 5.56 Å². The van der Waals surface area contributed by atoms with Crippen LogP contribution in [-0.2, 0) is 11.4 Å². The number of ether oxygens (including phenoxy) is 1. The number of phenolic OH excluding ortho intramolecular Hbond substituents is 1. The highest BCUT2D eigenvalue weighted by Gasteiger charge is 2.09. The Morgan fingerprint density at radius 3 is 2.69 bits per heavy atom. The zero-order valence-electron chi connectivity index (χ0n) is 7.70. The van der Waals surface area contributed by atoms with Crippen molar-refractivity contribution in [2.45, 2.75) is 13.5 Å². The van der Waals surface area contributed by atoms with Crippen molar-refractivity contribution in [3.05, 3.63) is 23.3 Å². The van der Waals surface area contributed by atoms with Gasteiger partial charge in [-0.15, -0.1) is 0 Å². The van der Waals surface area contributed by atoms with Crippen molar-refractivity contribution >= 4 is 0 Å². The Hall–Kier alpha value is -1.26. The number of methoxy groups -OCH3 is 1. The summed E-state index contributed by atoms with van der Waals surface area (Å²) < 4.78 is 5.02. The molecule has 3 N–H and O–H groups in total. The fourth-order valence-corrected chi connectivity index (χ4v) is 1.18. The molecule has 0 aromatic heterocycles. The van der Waals surface area contributed by atoms with Gasteiger partial charge >= 0.3 is 0 Å². The van der Waals surface area contributed by atoms with Gasteiger partial charge < -0.3 is 9.84 Å². The van der Waals surface area contributed by atoms with E-state index in [0.29, 0.717) is 11.3 Å². The Morgan fingerprint density at radius 1 is 1.46 bits per heavy atom. The zero-order chi connectivity index (χ0) is 9.84. The van der Waals surface area contributed by atoms with E-state index in [1.807, 2.05) is 13.0 Å². The smallest absolute Gasteiger partial charge is 0.163 e. The lowest BCUT2D eigenvalue weighted by molar-refractivity contribution is 0.122. The monoisotopic (exact) mass is 183 g/mol. The lowest BCUT2D eigenvalue weighted by Crippen LogP contribution is -2.00. The van der Waals surface area contributed by atoms with Crippen LogP contribution in [0.15, 0.2) is 12.1 Å². The highest BCUT2D eigenvalue weighted by molar-refractivity contribution is 5.50. The molecule has 4 heteroatoms. The topological polar surface area (TPSA) is 64.7 Å². The van der Waals surface area contributed by atoms with Crippen LogP contribution in [0.5, 0.6) is 11.5 Å². The van der Waals surface area contributed by atoms with E-state index < -0.39 is 0 Å². The molecule has 0 spiro atoms. The maximum absolute atomic E-state index is 9.64. The second kappa shape index (κ2) is 4.11. The van der Waals surface area contributed by atoms with E-state index in [4.69, 9.17) is 10.6 Å². The van der Waals surface area contributed by atoms with Crippen molar-refractivity contribution in [1.82, 2.24) is 0 Å². The van der Waals surface area contributed by atoms with Gasteiger partial charge in [-0.25, -0.2) is 5.90 Å². The van der Waals surface area contributed by atoms with Crippen LogP contribution < -0.4 is 10.6 Å². The minimum absolute atomic E-state index is 0.0907. The summed E-state index contributed by atoms with van der Waals surface area (Å²) in [5.74, 6) is 5.46. The lowest BCUT2D eigenvalue weighted by atomic mass is 10.1. The van der Waals surface area contributed by atoms with E-state index >= 15 is 0 Å². The molecule has 0 unspecified atom stereocenters. The largest absolute Gasteiger partial charge is 0.504 e. The first-order valence-corrected chi connectivity index (χ1v) is 3.87. The van der Waals surface area contributed by atoms with Crippen molar-refractivity contribution in [3.8, 4) is 11.5 Å². The Kier molecular flexibility index (Phi) is 3.11. The van der Waals surface area contributed by atoms with Crippen molar-refractivity contribution in [1.29, 1.82) is 0 Å². The third-order valence-electron chi connectivity index (χ3n) is 1.85. The Morgan fingerprint density at radius 2 is 2.15 bits per heavy atom. The van der Waals surface area contributed by atoms with Gasteiger partial charge in [0.25, 0.3) is 0 Å². The molecule has 0 amide bonds. The molecule has 0 bridgehead atoms.